The Hall–Kier alpha value is -2.18. The van der Waals surface area contributed by atoms with Crippen LogP contribution in [-0.4, -0.2) is 21.8 Å². The smallest absolute Gasteiger partial charge is 0.159 e. The van der Waals surface area contributed by atoms with Crippen molar-refractivity contribution in [3.63, 3.8) is 0 Å². The van der Waals surface area contributed by atoms with Crippen LogP contribution in [0.1, 0.15) is 19.4 Å². The number of H-pyrrole nitrogens is 1. The molecule has 2 aromatic carbocycles. The van der Waals surface area contributed by atoms with Crippen LogP contribution in [-0.2, 0) is 0 Å². The molecule has 0 bridgehead atoms. The van der Waals surface area contributed by atoms with Gasteiger partial charge in [-0.3, -0.25) is 4.99 Å². The minimum Gasteiger partial charge on any atom is -0.383 e. The quantitative estimate of drug-likeness (QED) is 0.515. The van der Waals surface area contributed by atoms with E-state index in [0.717, 1.165) is 23.2 Å². The summed E-state index contributed by atoms with van der Waals surface area (Å²) in [6.45, 7) is 3.89. The molecule has 0 aliphatic carbocycles. The van der Waals surface area contributed by atoms with Gasteiger partial charge in [-0.25, -0.2) is 13.8 Å². The molecule has 0 fully saturated rings. The van der Waals surface area contributed by atoms with Gasteiger partial charge in [-0.1, -0.05) is 0 Å². The number of benzene rings is 2. The fourth-order valence-corrected chi connectivity index (χ4v) is 2.30. The fraction of sp³-hybridized carbons (Fsp3) is 0.176. The normalized spacial score (nSPS) is 11.3. The molecule has 25 heavy (non-hydrogen) atoms. The van der Waals surface area contributed by atoms with E-state index < -0.39 is 11.6 Å². The fourth-order valence-electron chi connectivity index (χ4n) is 2.30. The first-order chi connectivity index (χ1) is 10.9. The molecule has 0 spiro atoms. The van der Waals surface area contributed by atoms with E-state index in [1.807, 2.05) is 32.0 Å². The third-order valence-electron chi connectivity index (χ3n) is 3.37. The lowest BCUT2D eigenvalue weighted by Crippen LogP contribution is -2.15. The van der Waals surface area contributed by atoms with Gasteiger partial charge >= 0.3 is 0 Å². The Morgan fingerprint density at radius 3 is 2.44 bits per heavy atom. The molecule has 4 nitrogen and oxygen atoms in total. The predicted octanol–water partition coefficient (Wildman–Crippen LogP) is 4.47. The van der Waals surface area contributed by atoms with Crippen LogP contribution in [0.25, 0.3) is 22.4 Å². The number of hydrogen-bond acceptors (Lipinski definition) is 2. The maximum atomic E-state index is 13.4. The van der Waals surface area contributed by atoms with E-state index in [0.29, 0.717) is 22.7 Å². The van der Waals surface area contributed by atoms with Gasteiger partial charge in [0.1, 0.15) is 11.7 Å². The topological polar surface area (TPSA) is 67.1 Å². The second-order valence-corrected chi connectivity index (χ2v) is 5.55. The first kappa shape index (κ1) is 20.9. The molecule has 3 N–H and O–H groups in total. The molecule has 0 atom stereocenters. The van der Waals surface area contributed by atoms with E-state index in [9.17, 15) is 8.78 Å². The highest BCUT2D eigenvalue weighted by molar-refractivity contribution is 6.00. The average Bonchev–Trinajstić information content (AvgIpc) is 2.92. The van der Waals surface area contributed by atoms with Gasteiger partial charge in [0, 0.05) is 17.2 Å². The van der Waals surface area contributed by atoms with Crippen LogP contribution in [0.15, 0.2) is 41.4 Å². The summed E-state index contributed by atoms with van der Waals surface area (Å²) in [5, 5.41) is 0. The molecular weight excluding hydrogens is 369 g/mol. The standard InChI is InChI=1S/C17H16F2N4.2ClH/c1-9(2)21-16(20)10-4-6-14-15(8-10)23-17(22-14)11-3-5-12(18)13(19)7-11;;/h3-9H,1-2H3,(H2,20,21)(H,22,23);2*1H. The van der Waals surface area contributed by atoms with Crippen molar-refractivity contribution in [1.82, 2.24) is 9.97 Å². The molecule has 1 heterocycles. The Bertz CT molecular complexity index is 907. The van der Waals surface area contributed by atoms with Crippen molar-refractivity contribution in [3.8, 4) is 11.4 Å². The highest BCUT2D eigenvalue weighted by atomic mass is 35.5. The third-order valence-corrected chi connectivity index (χ3v) is 3.37. The monoisotopic (exact) mass is 386 g/mol. The number of aliphatic imine (C=N–C) groups is 1. The Kier molecular flexibility index (Phi) is 6.90. The Balaban J connectivity index is 0.00000156. The van der Waals surface area contributed by atoms with Crippen LogP contribution in [0.3, 0.4) is 0 Å². The minimum atomic E-state index is -0.906. The largest absolute Gasteiger partial charge is 0.383 e. The van der Waals surface area contributed by atoms with Gasteiger partial charge in [-0.15, -0.1) is 24.8 Å². The lowest BCUT2D eigenvalue weighted by molar-refractivity contribution is 0.509. The number of imidazole rings is 1. The summed E-state index contributed by atoms with van der Waals surface area (Å²) in [4.78, 5) is 11.8. The molecule has 3 aromatic rings. The molecule has 0 aliphatic heterocycles. The van der Waals surface area contributed by atoms with E-state index in [-0.39, 0.29) is 30.9 Å². The van der Waals surface area contributed by atoms with E-state index in [1.54, 1.807) is 0 Å². The zero-order chi connectivity index (χ0) is 16.6. The number of rotatable bonds is 3. The zero-order valence-corrected chi connectivity index (χ0v) is 15.2. The van der Waals surface area contributed by atoms with Crippen molar-refractivity contribution in [2.45, 2.75) is 19.9 Å². The van der Waals surface area contributed by atoms with Crippen molar-refractivity contribution in [3.05, 3.63) is 53.6 Å². The van der Waals surface area contributed by atoms with Crippen LogP contribution in [0, 0.1) is 11.6 Å². The number of hydrogen-bond donors (Lipinski definition) is 2. The van der Waals surface area contributed by atoms with Crippen molar-refractivity contribution >= 4 is 41.7 Å². The molecule has 8 heteroatoms. The number of nitrogens with two attached hydrogens (primary N) is 1. The first-order valence-electron chi connectivity index (χ1n) is 7.23. The lowest BCUT2D eigenvalue weighted by atomic mass is 10.2. The maximum Gasteiger partial charge on any atom is 0.159 e. The number of aromatic amines is 1. The summed E-state index contributed by atoms with van der Waals surface area (Å²) in [7, 11) is 0. The van der Waals surface area contributed by atoms with Gasteiger partial charge in [0.15, 0.2) is 11.6 Å². The van der Waals surface area contributed by atoms with Gasteiger partial charge in [0.2, 0.25) is 0 Å². The molecular formula is C17H18Cl2F2N4. The summed E-state index contributed by atoms with van der Waals surface area (Å²) in [6, 6.07) is 9.26. The summed E-state index contributed by atoms with van der Waals surface area (Å²) in [6.07, 6.45) is 0. The van der Waals surface area contributed by atoms with E-state index >= 15 is 0 Å². The Morgan fingerprint density at radius 1 is 1.08 bits per heavy atom. The SMILES string of the molecule is CC(C)N=C(N)c1ccc2nc(-c3ccc(F)c(F)c3)[nH]c2c1.Cl.Cl. The van der Waals surface area contributed by atoms with Crippen molar-refractivity contribution < 1.29 is 8.78 Å². The number of fused-ring (bicyclic) bond motifs is 1. The van der Waals surface area contributed by atoms with Crippen molar-refractivity contribution in [1.29, 1.82) is 0 Å². The summed E-state index contributed by atoms with van der Waals surface area (Å²) in [5.41, 5.74) is 8.69. The van der Waals surface area contributed by atoms with E-state index in [2.05, 4.69) is 15.0 Å². The molecule has 0 saturated carbocycles. The molecule has 0 unspecified atom stereocenters. The number of amidine groups is 1. The third kappa shape index (κ3) is 4.46. The molecule has 3 rings (SSSR count). The van der Waals surface area contributed by atoms with Crippen molar-refractivity contribution in [2.75, 3.05) is 0 Å². The van der Waals surface area contributed by atoms with E-state index in [1.165, 1.54) is 6.07 Å². The van der Waals surface area contributed by atoms with Gasteiger partial charge in [-0.05, 0) is 50.2 Å². The van der Waals surface area contributed by atoms with E-state index in [4.69, 9.17) is 5.73 Å². The predicted molar refractivity (Wildman–Crippen MR) is 102 cm³/mol. The van der Waals surface area contributed by atoms with Crippen LogP contribution in [0.2, 0.25) is 0 Å². The van der Waals surface area contributed by atoms with Gasteiger partial charge in [0.05, 0.1) is 11.0 Å². The Labute approximate surface area is 156 Å². The molecule has 0 amide bonds. The van der Waals surface area contributed by atoms with Crippen LogP contribution < -0.4 is 5.73 Å². The summed E-state index contributed by atoms with van der Waals surface area (Å²) >= 11 is 0. The maximum absolute atomic E-state index is 13.4. The van der Waals surface area contributed by atoms with Gasteiger partial charge in [0.25, 0.3) is 0 Å². The summed E-state index contributed by atoms with van der Waals surface area (Å²) in [5.74, 6) is -0.872. The molecule has 0 saturated heterocycles. The number of nitrogens with zero attached hydrogens (tertiary/aromatic N) is 2. The van der Waals surface area contributed by atoms with Gasteiger partial charge in [-0.2, -0.15) is 0 Å². The number of nitrogens with one attached hydrogen (secondary N) is 1. The zero-order valence-electron chi connectivity index (χ0n) is 13.6. The number of halogens is 4. The minimum absolute atomic E-state index is 0. The molecule has 134 valence electrons. The highest BCUT2D eigenvalue weighted by Crippen LogP contribution is 2.23. The number of aromatic nitrogens is 2. The summed E-state index contributed by atoms with van der Waals surface area (Å²) < 4.78 is 26.4. The highest BCUT2D eigenvalue weighted by Gasteiger charge is 2.10. The lowest BCUT2D eigenvalue weighted by Gasteiger charge is -2.03. The second kappa shape index (κ2) is 8.27. The van der Waals surface area contributed by atoms with Crippen LogP contribution in [0.5, 0.6) is 0 Å². The van der Waals surface area contributed by atoms with Crippen LogP contribution in [0.4, 0.5) is 8.78 Å². The van der Waals surface area contributed by atoms with Crippen molar-refractivity contribution in [2.24, 2.45) is 10.7 Å². The molecule has 0 aliphatic rings. The Morgan fingerprint density at radius 2 is 1.80 bits per heavy atom. The van der Waals surface area contributed by atoms with Crippen LogP contribution >= 0.6 is 24.8 Å². The average molecular weight is 387 g/mol. The first-order valence-corrected chi connectivity index (χ1v) is 7.23. The second-order valence-electron chi connectivity index (χ2n) is 5.55. The molecule has 1 aromatic heterocycles. The van der Waals surface area contributed by atoms with Gasteiger partial charge < -0.3 is 10.7 Å². The molecule has 0 radical (unpaired) electrons.